The molecule has 1 aromatic heterocycles. The Morgan fingerprint density at radius 2 is 1.94 bits per heavy atom. The van der Waals surface area contributed by atoms with Gasteiger partial charge < -0.3 is 9.84 Å². The maximum Gasteiger partial charge on any atom is 0.247 e. The second-order valence-electron chi connectivity index (χ2n) is 9.49. The number of aliphatic hydroxyl groups excluding tert-OH is 1. The van der Waals surface area contributed by atoms with Crippen LogP contribution in [0, 0.1) is 17.8 Å². The van der Waals surface area contributed by atoms with Crippen molar-refractivity contribution in [3.05, 3.63) is 53.9 Å². The van der Waals surface area contributed by atoms with Gasteiger partial charge in [0.25, 0.3) is 0 Å². The van der Waals surface area contributed by atoms with E-state index < -0.39 is 16.1 Å². The molecule has 0 bridgehead atoms. The fourth-order valence-electron chi connectivity index (χ4n) is 3.99. The zero-order valence-corrected chi connectivity index (χ0v) is 22.0. The third kappa shape index (κ3) is 7.03. The van der Waals surface area contributed by atoms with Crippen LogP contribution in [-0.4, -0.2) is 92.1 Å². The number of pyridine rings is 1. The van der Waals surface area contributed by atoms with Crippen LogP contribution in [0.25, 0.3) is 0 Å². The number of benzene rings is 1. The van der Waals surface area contributed by atoms with Gasteiger partial charge >= 0.3 is 0 Å². The van der Waals surface area contributed by atoms with Crippen LogP contribution >= 0.6 is 0 Å². The first-order valence-corrected chi connectivity index (χ1v) is 13.2. The predicted octanol–water partition coefficient (Wildman–Crippen LogP) is 1.90. The number of hydrogen-bond donors (Lipinski definition) is 1. The molecule has 0 unspecified atom stereocenters. The minimum Gasteiger partial charge on any atom is -0.487 e. The molecule has 0 saturated heterocycles. The molecule has 3 rings (SSSR count). The van der Waals surface area contributed by atoms with Crippen LogP contribution in [0.5, 0.6) is 5.75 Å². The van der Waals surface area contributed by atoms with Gasteiger partial charge in [-0.05, 0) is 64.0 Å². The van der Waals surface area contributed by atoms with Crippen molar-refractivity contribution in [3.63, 3.8) is 0 Å². The molecular formula is C26H36N4O4S. The lowest BCUT2D eigenvalue weighted by molar-refractivity contribution is 0.0733. The molecule has 3 atom stereocenters. The minimum absolute atomic E-state index is 0.102. The summed E-state index contributed by atoms with van der Waals surface area (Å²) in [5, 5.41) is 9.80. The molecule has 1 aliphatic rings. The summed E-state index contributed by atoms with van der Waals surface area (Å²) in [7, 11) is 2.03. The van der Waals surface area contributed by atoms with Crippen LogP contribution in [-0.2, 0) is 16.6 Å². The molecule has 0 amide bonds. The molecule has 0 saturated carbocycles. The summed E-state index contributed by atoms with van der Waals surface area (Å²) in [4.78, 5) is 8.30. The van der Waals surface area contributed by atoms with E-state index in [1.807, 2.05) is 45.1 Å². The first-order valence-electron chi connectivity index (χ1n) is 11.8. The first-order chi connectivity index (χ1) is 16.6. The maximum absolute atomic E-state index is 13.6. The number of likely N-dealkylation sites (N-methyl/N-ethyl adjacent to an activating group) is 1. The zero-order chi connectivity index (χ0) is 25.6. The van der Waals surface area contributed by atoms with E-state index in [2.05, 4.69) is 21.7 Å². The van der Waals surface area contributed by atoms with Gasteiger partial charge in [0.15, 0.2) is 0 Å². The van der Waals surface area contributed by atoms with Crippen molar-refractivity contribution < 1.29 is 18.3 Å². The Balaban J connectivity index is 1.97. The number of nitrogens with zero attached hydrogens (tertiary/aromatic N) is 4. The van der Waals surface area contributed by atoms with Crippen LogP contribution in [0.1, 0.15) is 25.0 Å². The molecule has 0 spiro atoms. The molecule has 9 heteroatoms. The van der Waals surface area contributed by atoms with E-state index in [-0.39, 0.29) is 30.1 Å². The molecule has 1 aromatic carbocycles. The van der Waals surface area contributed by atoms with E-state index in [0.29, 0.717) is 30.9 Å². The second kappa shape index (κ2) is 12.0. The first kappa shape index (κ1) is 27.1. The number of aromatic nitrogens is 1. The van der Waals surface area contributed by atoms with Gasteiger partial charge in [-0.2, -0.15) is 4.31 Å². The third-order valence-corrected chi connectivity index (χ3v) is 8.01. The SMILES string of the molecule is C[C@H]1CN([C@@H](C)CO)S(=O)(=O)c2ccc(C#CCN(C)C)cc2O[C@@H]1CN(C)Cc1ccncc1. The number of ether oxygens (including phenoxy) is 1. The lowest BCUT2D eigenvalue weighted by atomic mass is 10.0. The smallest absolute Gasteiger partial charge is 0.247 e. The van der Waals surface area contributed by atoms with E-state index in [1.54, 1.807) is 37.5 Å². The van der Waals surface area contributed by atoms with Gasteiger partial charge in [-0.3, -0.25) is 14.8 Å². The third-order valence-electron chi connectivity index (χ3n) is 5.99. The summed E-state index contributed by atoms with van der Waals surface area (Å²) in [5.74, 6) is 6.37. The van der Waals surface area contributed by atoms with Gasteiger partial charge in [0.05, 0.1) is 13.2 Å². The number of sulfonamides is 1. The van der Waals surface area contributed by atoms with Crippen LogP contribution in [0.4, 0.5) is 0 Å². The van der Waals surface area contributed by atoms with Crippen molar-refractivity contribution >= 4 is 10.0 Å². The van der Waals surface area contributed by atoms with E-state index >= 15 is 0 Å². The monoisotopic (exact) mass is 500 g/mol. The largest absolute Gasteiger partial charge is 0.487 e. The molecule has 0 fully saturated rings. The zero-order valence-electron chi connectivity index (χ0n) is 21.2. The Kier molecular flexibility index (Phi) is 9.27. The van der Waals surface area contributed by atoms with Crippen LogP contribution < -0.4 is 4.74 Å². The Bertz CT molecular complexity index is 1140. The Morgan fingerprint density at radius 1 is 1.23 bits per heavy atom. The van der Waals surface area contributed by atoms with Crippen molar-refractivity contribution in [1.82, 2.24) is 19.1 Å². The molecule has 1 N–H and O–H groups in total. The van der Waals surface area contributed by atoms with Crippen molar-refractivity contribution in [1.29, 1.82) is 0 Å². The Hall–Kier alpha value is -2.48. The molecule has 1 aliphatic heterocycles. The van der Waals surface area contributed by atoms with Crippen LogP contribution in [0.3, 0.4) is 0 Å². The molecule has 0 aliphatic carbocycles. The fourth-order valence-corrected chi connectivity index (χ4v) is 5.82. The summed E-state index contributed by atoms with van der Waals surface area (Å²) in [6.45, 7) is 5.61. The molecule has 2 aromatic rings. The van der Waals surface area contributed by atoms with Crippen molar-refractivity contribution in [2.24, 2.45) is 5.92 Å². The lowest BCUT2D eigenvalue weighted by Crippen LogP contribution is -2.49. The molecule has 2 heterocycles. The maximum atomic E-state index is 13.6. The highest BCUT2D eigenvalue weighted by molar-refractivity contribution is 7.89. The molecule has 0 radical (unpaired) electrons. The van der Waals surface area contributed by atoms with E-state index in [9.17, 15) is 13.5 Å². The van der Waals surface area contributed by atoms with Gasteiger partial charge in [0, 0.05) is 49.6 Å². The standard InChI is InChI=1S/C26H36N4O4S/c1-20-16-30(21(2)19-31)35(32,33)26-9-8-22(7-6-14-28(3)4)15-24(26)34-25(20)18-29(5)17-23-10-12-27-13-11-23/h8-13,15,20-21,25,31H,14,16-19H2,1-5H3/t20-,21-,25+/m0/s1. The van der Waals surface area contributed by atoms with Crippen molar-refractivity contribution in [3.8, 4) is 17.6 Å². The summed E-state index contributed by atoms with van der Waals surface area (Å²) >= 11 is 0. The average Bonchev–Trinajstić information content (AvgIpc) is 2.81. The summed E-state index contributed by atoms with van der Waals surface area (Å²) in [5.41, 5.74) is 1.83. The second-order valence-corrected chi connectivity index (χ2v) is 11.4. The van der Waals surface area contributed by atoms with Crippen molar-refractivity contribution in [2.75, 3.05) is 47.4 Å². The van der Waals surface area contributed by atoms with Gasteiger partial charge in [0.2, 0.25) is 10.0 Å². The Morgan fingerprint density at radius 3 is 2.60 bits per heavy atom. The molecular weight excluding hydrogens is 464 g/mol. The van der Waals surface area contributed by atoms with E-state index in [4.69, 9.17) is 4.74 Å². The summed E-state index contributed by atoms with van der Waals surface area (Å²) < 4.78 is 35.0. The fraction of sp³-hybridized carbons (Fsp3) is 0.500. The Labute approximate surface area is 209 Å². The van der Waals surface area contributed by atoms with Crippen LogP contribution in [0.2, 0.25) is 0 Å². The quantitative estimate of drug-likeness (QED) is 0.581. The van der Waals surface area contributed by atoms with Crippen LogP contribution in [0.15, 0.2) is 47.6 Å². The predicted molar refractivity (Wildman–Crippen MR) is 136 cm³/mol. The van der Waals surface area contributed by atoms with Gasteiger partial charge in [-0.25, -0.2) is 8.42 Å². The highest BCUT2D eigenvalue weighted by Gasteiger charge is 2.38. The highest BCUT2D eigenvalue weighted by Crippen LogP contribution is 2.34. The van der Waals surface area contributed by atoms with E-state index in [1.165, 1.54) is 4.31 Å². The highest BCUT2D eigenvalue weighted by atomic mass is 32.2. The average molecular weight is 501 g/mol. The van der Waals surface area contributed by atoms with Gasteiger partial charge in [-0.1, -0.05) is 18.8 Å². The normalized spacial score (nSPS) is 20.8. The molecule has 35 heavy (non-hydrogen) atoms. The topological polar surface area (TPSA) is 86.2 Å². The van der Waals surface area contributed by atoms with E-state index in [0.717, 1.165) is 5.56 Å². The van der Waals surface area contributed by atoms with Gasteiger partial charge in [0.1, 0.15) is 16.7 Å². The minimum atomic E-state index is -3.87. The summed E-state index contributed by atoms with van der Waals surface area (Å²) in [6.07, 6.45) is 3.27. The molecule has 190 valence electrons. The van der Waals surface area contributed by atoms with Gasteiger partial charge in [-0.15, -0.1) is 0 Å². The number of rotatable bonds is 7. The van der Waals surface area contributed by atoms with Crippen molar-refractivity contribution in [2.45, 2.75) is 37.4 Å². The number of aliphatic hydroxyl groups is 1. The number of hydrogen-bond acceptors (Lipinski definition) is 7. The lowest BCUT2D eigenvalue weighted by Gasteiger charge is -2.37. The summed E-state index contributed by atoms with van der Waals surface area (Å²) in [6, 6.07) is 8.39. The number of fused-ring (bicyclic) bond motifs is 1. The molecule has 8 nitrogen and oxygen atoms in total.